The highest BCUT2D eigenvalue weighted by Crippen LogP contribution is 2.54. The molecule has 1 aliphatic carbocycles. The summed E-state index contributed by atoms with van der Waals surface area (Å²) in [7, 11) is 0. The summed E-state index contributed by atoms with van der Waals surface area (Å²) in [5.74, 6) is 0. The van der Waals surface area contributed by atoms with Gasteiger partial charge < -0.3 is 9.80 Å². The number of aryl methyl sites for hydroxylation is 1. The number of rotatable bonds is 9. The first-order valence-corrected chi connectivity index (χ1v) is 20.9. The molecule has 0 unspecified atom stereocenters. The van der Waals surface area contributed by atoms with Gasteiger partial charge in [-0.05, 0) is 129 Å². The average molecular weight is 771 g/mol. The molecule has 0 atom stereocenters. The van der Waals surface area contributed by atoms with E-state index in [1.807, 2.05) is 0 Å². The maximum Gasteiger partial charge on any atom is 0.0563 e. The van der Waals surface area contributed by atoms with Crippen LogP contribution < -0.4 is 9.80 Å². The summed E-state index contributed by atoms with van der Waals surface area (Å²) in [5.41, 5.74) is 20.1. The van der Waals surface area contributed by atoms with Gasteiger partial charge in [0.25, 0.3) is 0 Å². The largest absolute Gasteiger partial charge is 0.310 e. The Morgan fingerprint density at radius 3 is 1.33 bits per heavy atom. The zero-order chi connectivity index (χ0) is 40.6. The minimum Gasteiger partial charge on any atom is -0.310 e. The molecule has 1 aliphatic rings. The van der Waals surface area contributed by atoms with Crippen LogP contribution in [0.1, 0.15) is 30.5 Å². The highest BCUT2D eigenvalue weighted by molar-refractivity contribution is 6.00. The number of fused-ring (bicyclic) bond motifs is 3. The molecular formula is C58H46N2. The Morgan fingerprint density at radius 1 is 0.333 bits per heavy atom. The third-order valence-electron chi connectivity index (χ3n) is 12.0. The molecular weight excluding hydrogens is 725 g/mol. The Morgan fingerprint density at radius 2 is 0.750 bits per heavy atom. The summed E-state index contributed by atoms with van der Waals surface area (Å²) < 4.78 is 0. The van der Waals surface area contributed by atoms with Gasteiger partial charge >= 0.3 is 0 Å². The highest BCUT2D eigenvalue weighted by atomic mass is 15.2. The van der Waals surface area contributed by atoms with E-state index in [9.17, 15) is 0 Å². The van der Waals surface area contributed by atoms with Crippen LogP contribution >= 0.6 is 0 Å². The minimum atomic E-state index is -0.147. The Labute approximate surface area is 354 Å². The van der Waals surface area contributed by atoms with Crippen molar-refractivity contribution < 1.29 is 0 Å². The second kappa shape index (κ2) is 15.4. The molecule has 288 valence electrons. The molecule has 9 aromatic rings. The third-order valence-corrected chi connectivity index (χ3v) is 12.0. The molecule has 0 fully saturated rings. The van der Waals surface area contributed by atoms with Crippen LogP contribution in [0, 0.1) is 6.92 Å². The Hall–Kier alpha value is -7.42. The lowest BCUT2D eigenvalue weighted by Crippen LogP contribution is -2.16. The molecule has 60 heavy (non-hydrogen) atoms. The molecule has 0 N–H and O–H groups in total. The Kier molecular flexibility index (Phi) is 9.47. The Balaban J connectivity index is 1.24. The summed E-state index contributed by atoms with van der Waals surface area (Å²) in [4.78, 5) is 4.85. The van der Waals surface area contributed by atoms with Gasteiger partial charge in [-0.3, -0.25) is 0 Å². The monoisotopic (exact) mass is 770 g/mol. The topological polar surface area (TPSA) is 6.48 Å². The molecule has 0 radical (unpaired) electrons. The molecule has 0 spiro atoms. The number of hydrogen-bond acceptors (Lipinski definition) is 2. The summed E-state index contributed by atoms with van der Waals surface area (Å²) in [5, 5.41) is 0. The quantitative estimate of drug-likeness (QED) is 0.144. The first kappa shape index (κ1) is 36.9. The predicted octanol–water partition coefficient (Wildman–Crippen LogP) is 16.2. The van der Waals surface area contributed by atoms with Crippen molar-refractivity contribution in [1.29, 1.82) is 0 Å². The van der Waals surface area contributed by atoms with E-state index in [-0.39, 0.29) is 5.41 Å². The van der Waals surface area contributed by atoms with Crippen LogP contribution in [0.4, 0.5) is 34.1 Å². The molecule has 0 saturated carbocycles. The molecule has 2 heteroatoms. The van der Waals surface area contributed by atoms with Crippen molar-refractivity contribution in [2.45, 2.75) is 26.2 Å². The lowest BCUT2D eigenvalue weighted by atomic mass is 9.78. The van der Waals surface area contributed by atoms with Crippen molar-refractivity contribution in [3.8, 4) is 44.5 Å². The average Bonchev–Trinajstić information content (AvgIpc) is 3.54. The van der Waals surface area contributed by atoms with E-state index in [2.05, 4.69) is 255 Å². The molecule has 2 nitrogen and oxygen atoms in total. The lowest BCUT2D eigenvalue weighted by molar-refractivity contribution is 0.662. The standard InChI is InChI=1S/C58H46N2/c1-41-38-54(59(46-24-10-5-11-25-46)47-26-12-6-13-27-47)56(45-23-18-22-44(40-45)50-31-19-32-52-51-30-16-17-33-53(51)58(2,3)57(50)52)55(39-41)60(48-28-14-7-15-29-48)49-36-34-43(35-37-49)42-20-8-4-9-21-42/h4-40H,1-3H3. The first-order valence-electron chi connectivity index (χ1n) is 20.9. The number of anilines is 6. The number of benzene rings is 9. The SMILES string of the molecule is Cc1cc(N(c2ccccc2)c2ccccc2)c(-c2cccc(-c3cccc4c3C(C)(C)c3ccccc3-4)c2)c(N(c2ccccc2)c2ccc(-c3ccccc3)cc2)c1. The molecule has 0 amide bonds. The fourth-order valence-corrected chi connectivity index (χ4v) is 9.35. The second-order valence-corrected chi connectivity index (χ2v) is 16.2. The van der Waals surface area contributed by atoms with E-state index in [4.69, 9.17) is 0 Å². The van der Waals surface area contributed by atoms with Gasteiger partial charge in [-0.2, -0.15) is 0 Å². The molecule has 9 aromatic carbocycles. The third kappa shape index (κ3) is 6.57. The zero-order valence-corrected chi connectivity index (χ0v) is 34.3. The van der Waals surface area contributed by atoms with Gasteiger partial charge in [0.1, 0.15) is 0 Å². The zero-order valence-electron chi connectivity index (χ0n) is 34.3. The van der Waals surface area contributed by atoms with Gasteiger partial charge in [0, 0.05) is 33.7 Å². The van der Waals surface area contributed by atoms with Crippen LogP contribution in [0.5, 0.6) is 0 Å². The maximum absolute atomic E-state index is 2.43. The van der Waals surface area contributed by atoms with Gasteiger partial charge in [0.05, 0.1) is 11.4 Å². The normalized spacial score (nSPS) is 12.4. The van der Waals surface area contributed by atoms with Gasteiger partial charge in [-0.15, -0.1) is 0 Å². The van der Waals surface area contributed by atoms with E-state index < -0.39 is 0 Å². The fourth-order valence-electron chi connectivity index (χ4n) is 9.35. The van der Waals surface area contributed by atoms with Crippen molar-refractivity contribution in [2.24, 2.45) is 0 Å². The second-order valence-electron chi connectivity index (χ2n) is 16.2. The molecule has 0 heterocycles. The van der Waals surface area contributed by atoms with Crippen molar-refractivity contribution in [3.05, 3.63) is 241 Å². The van der Waals surface area contributed by atoms with E-state index >= 15 is 0 Å². The number of hydrogen-bond donors (Lipinski definition) is 0. The molecule has 0 saturated heterocycles. The molecule has 0 bridgehead atoms. The van der Waals surface area contributed by atoms with E-state index in [1.165, 1.54) is 50.1 Å². The van der Waals surface area contributed by atoms with Crippen molar-refractivity contribution in [1.82, 2.24) is 0 Å². The lowest BCUT2D eigenvalue weighted by Gasteiger charge is -2.33. The smallest absolute Gasteiger partial charge is 0.0563 e. The predicted molar refractivity (Wildman–Crippen MR) is 254 cm³/mol. The summed E-state index contributed by atoms with van der Waals surface area (Å²) in [6.07, 6.45) is 0. The minimum absolute atomic E-state index is 0.147. The van der Waals surface area contributed by atoms with Crippen molar-refractivity contribution >= 4 is 34.1 Å². The summed E-state index contributed by atoms with van der Waals surface area (Å²) in [6.45, 7) is 6.97. The van der Waals surface area contributed by atoms with Crippen LogP contribution in [-0.2, 0) is 5.41 Å². The van der Waals surface area contributed by atoms with Crippen LogP contribution in [0.25, 0.3) is 44.5 Å². The van der Waals surface area contributed by atoms with Crippen LogP contribution in [0.2, 0.25) is 0 Å². The van der Waals surface area contributed by atoms with Gasteiger partial charge in [-0.1, -0.05) is 172 Å². The highest BCUT2D eigenvalue weighted by Gasteiger charge is 2.37. The van der Waals surface area contributed by atoms with Gasteiger partial charge in [0.2, 0.25) is 0 Å². The van der Waals surface area contributed by atoms with Crippen molar-refractivity contribution in [2.75, 3.05) is 9.80 Å². The van der Waals surface area contributed by atoms with Gasteiger partial charge in [-0.25, -0.2) is 0 Å². The molecule has 10 rings (SSSR count). The van der Waals surface area contributed by atoms with Crippen LogP contribution in [0.3, 0.4) is 0 Å². The Bertz CT molecular complexity index is 2900. The van der Waals surface area contributed by atoms with E-state index in [1.54, 1.807) is 0 Å². The van der Waals surface area contributed by atoms with Crippen molar-refractivity contribution in [3.63, 3.8) is 0 Å². The summed E-state index contributed by atoms with van der Waals surface area (Å²) >= 11 is 0. The van der Waals surface area contributed by atoms with E-state index in [0.29, 0.717) is 0 Å². The van der Waals surface area contributed by atoms with Gasteiger partial charge in [0.15, 0.2) is 0 Å². The van der Waals surface area contributed by atoms with E-state index in [0.717, 1.165) is 45.3 Å². The molecule has 0 aliphatic heterocycles. The first-order chi connectivity index (χ1) is 29.5. The number of para-hydroxylation sites is 3. The van der Waals surface area contributed by atoms with Crippen LogP contribution in [0.15, 0.2) is 224 Å². The fraction of sp³-hybridized carbons (Fsp3) is 0.0690. The van der Waals surface area contributed by atoms with Crippen LogP contribution in [-0.4, -0.2) is 0 Å². The maximum atomic E-state index is 2.43. The molecule has 0 aromatic heterocycles. The number of nitrogens with zero attached hydrogens (tertiary/aromatic N) is 2. The summed E-state index contributed by atoms with van der Waals surface area (Å²) in [6, 6.07) is 81.6.